The second-order valence-corrected chi connectivity index (χ2v) is 6.41. The highest BCUT2D eigenvalue weighted by Crippen LogP contribution is 2.49. The van der Waals surface area contributed by atoms with Crippen LogP contribution in [0.1, 0.15) is 57.8 Å². The van der Waals surface area contributed by atoms with Gasteiger partial charge in [0.15, 0.2) is 5.75 Å². The topological polar surface area (TPSA) is 39.1 Å². The largest absolute Gasteiger partial charge is 0.486 e. The third-order valence-corrected chi connectivity index (χ3v) is 5.44. The Labute approximate surface area is 129 Å². The molecule has 21 heavy (non-hydrogen) atoms. The average Bonchev–Trinajstić information content (AvgIpc) is 2.69. The van der Waals surface area contributed by atoms with E-state index in [1.165, 1.54) is 6.42 Å². The highest BCUT2D eigenvalue weighted by atomic mass is 16.5. The molecule has 120 valence electrons. The predicted octanol–water partition coefficient (Wildman–Crippen LogP) is 3.36. The molecule has 0 saturated heterocycles. The zero-order valence-electron chi connectivity index (χ0n) is 14.5. The van der Waals surface area contributed by atoms with Crippen molar-refractivity contribution in [2.45, 2.75) is 72.4 Å². The van der Waals surface area contributed by atoms with Crippen LogP contribution in [0, 0.1) is 19.3 Å². The van der Waals surface area contributed by atoms with Crippen LogP contribution in [-0.4, -0.2) is 28.5 Å². The van der Waals surface area contributed by atoms with E-state index in [2.05, 4.69) is 38.1 Å². The summed E-state index contributed by atoms with van der Waals surface area (Å²) in [6, 6.07) is 0.592. The molecular weight excluding hydrogens is 262 g/mol. The van der Waals surface area contributed by atoms with Crippen molar-refractivity contribution in [1.82, 2.24) is 15.1 Å². The predicted molar refractivity (Wildman–Crippen MR) is 86.8 cm³/mol. The molecule has 1 aliphatic carbocycles. The second-order valence-electron chi connectivity index (χ2n) is 6.41. The molecular formula is C17H31N3O. The van der Waals surface area contributed by atoms with Crippen LogP contribution in [-0.2, 0) is 7.05 Å². The van der Waals surface area contributed by atoms with E-state index in [0.29, 0.717) is 12.1 Å². The van der Waals surface area contributed by atoms with E-state index < -0.39 is 0 Å². The van der Waals surface area contributed by atoms with Gasteiger partial charge in [0.2, 0.25) is 0 Å². The van der Waals surface area contributed by atoms with Crippen molar-refractivity contribution in [2.75, 3.05) is 6.54 Å². The zero-order chi connectivity index (χ0) is 15.6. The summed E-state index contributed by atoms with van der Waals surface area (Å²) >= 11 is 0. The standard InChI is InChI=1S/C17H31N3O/c1-7-10-18-14-11-15(17(14,8-2)9-3)21-16-12(4)19-20(6)13(16)5/h14-15,18H,7-11H2,1-6H3. The average molecular weight is 293 g/mol. The van der Waals surface area contributed by atoms with Gasteiger partial charge in [0.1, 0.15) is 11.8 Å². The normalized spacial score (nSPS) is 23.9. The van der Waals surface area contributed by atoms with Crippen molar-refractivity contribution in [3.05, 3.63) is 11.4 Å². The smallest absolute Gasteiger partial charge is 0.163 e. The Morgan fingerprint density at radius 1 is 1.29 bits per heavy atom. The lowest BCUT2D eigenvalue weighted by Gasteiger charge is -2.55. The second kappa shape index (κ2) is 6.39. The van der Waals surface area contributed by atoms with Gasteiger partial charge in [-0.15, -0.1) is 0 Å². The summed E-state index contributed by atoms with van der Waals surface area (Å²) in [5.41, 5.74) is 2.39. The van der Waals surface area contributed by atoms with Crippen LogP contribution < -0.4 is 10.1 Å². The van der Waals surface area contributed by atoms with Gasteiger partial charge < -0.3 is 10.1 Å². The number of nitrogens with one attached hydrogen (secondary N) is 1. The molecule has 0 amide bonds. The molecule has 1 aromatic rings. The van der Waals surface area contributed by atoms with Crippen molar-refractivity contribution < 1.29 is 4.74 Å². The van der Waals surface area contributed by atoms with Gasteiger partial charge >= 0.3 is 0 Å². The Balaban J connectivity index is 2.13. The monoisotopic (exact) mass is 293 g/mol. The Bertz CT molecular complexity index is 477. The Morgan fingerprint density at radius 2 is 1.95 bits per heavy atom. The van der Waals surface area contributed by atoms with Gasteiger partial charge in [0, 0.05) is 24.9 Å². The molecule has 1 aliphatic rings. The summed E-state index contributed by atoms with van der Waals surface area (Å²) in [7, 11) is 1.98. The summed E-state index contributed by atoms with van der Waals surface area (Å²) in [4.78, 5) is 0. The Kier molecular flexibility index (Phi) is 4.97. The first-order valence-electron chi connectivity index (χ1n) is 8.40. The number of aromatic nitrogens is 2. The summed E-state index contributed by atoms with van der Waals surface area (Å²) in [5, 5.41) is 8.18. The maximum atomic E-state index is 6.42. The van der Waals surface area contributed by atoms with E-state index in [4.69, 9.17) is 4.74 Å². The van der Waals surface area contributed by atoms with E-state index >= 15 is 0 Å². The minimum atomic E-state index is 0.268. The van der Waals surface area contributed by atoms with Crippen LogP contribution in [0.15, 0.2) is 0 Å². The van der Waals surface area contributed by atoms with Crippen LogP contribution in [0.5, 0.6) is 5.75 Å². The number of ether oxygens (including phenoxy) is 1. The molecule has 0 bridgehead atoms. The summed E-state index contributed by atoms with van der Waals surface area (Å²) in [5.74, 6) is 0.989. The molecule has 4 heteroatoms. The molecule has 2 atom stereocenters. The van der Waals surface area contributed by atoms with Gasteiger partial charge in [-0.3, -0.25) is 4.68 Å². The molecule has 1 N–H and O–H groups in total. The molecule has 1 saturated carbocycles. The number of aryl methyl sites for hydroxylation is 2. The van der Waals surface area contributed by atoms with E-state index in [1.807, 2.05) is 18.7 Å². The third kappa shape index (κ3) is 2.70. The summed E-state index contributed by atoms with van der Waals surface area (Å²) in [6.07, 6.45) is 4.92. The first-order valence-corrected chi connectivity index (χ1v) is 8.40. The van der Waals surface area contributed by atoms with Crippen molar-refractivity contribution >= 4 is 0 Å². The van der Waals surface area contributed by atoms with E-state index in [1.54, 1.807) is 0 Å². The van der Waals surface area contributed by atoms with Gasteiger partial charge in [-0.2, -0.15) is 5.10 Å². The first-order chi connectivity index (χ1) is 10.00. The zero-order valence-corrected chi connectivity index (χ0v) is 14.5. The lowest BCUT2D eigenvalue weighted by Crippen LogP contribution is -2.64. The van der Waals surface area contributed by atoms with Gasteiger partial charge in [0.25, 0.3) is 0 Å². The van der Waals surface area contributed by atoms with Crippen LogP contribution in [0.4, 0.5) is 0 Å². The highest BCUT2D eigenvalue weighted by Gasteiger charge is 2.54. The lowest BCUT2D eigenvalue weighted by molar-refractivity contribution is -0.0863. The SMILES string of the molecule is CCCNC1CC(Oc2c(C)nn(C)c2C)C1(CC)CC. The third-order valence-electron chi connectivity index (χ3n) is 5.44. The van der Waals surface area contributed by atoms with Crippen LogP contribution in [0.25, 0.3) is 0 Å². The maximum Gasteiger partial charge on any atom is 0.163 e. The fourth-order valence-corrected chi connectivity index (χ4v) is 3.78. The van der Waals surface area contributed by atoms with E-state index in [-0.39, 0.29) is 5.41 Å². The minimum absolute atomic E-state index is 0.268. The molecule has 2 unspecified atom stereocenters. The van der Waals surface area contributed by atoms with Gasteiger partial charge in [-0.05, 0) is 39.7 Å². The number of nitrogens with zero attached hydrogens (tertiary/aromatic N) is 2. The Morgan fingerprint density at radius 3 is 2.43 bits per heavy atom. The summed E-state index contributed by atoms with van der Waals surface area (Å²) < 4.78 is 8.33. The van der Waals surface area contributed by atoms with Crippen molar-refractivity contribution in [2.24, 2.45) is 12.5 Å². The van der Waals surface area contributed by atoms with Gasteiger partial charge in [0.05, 0.1) is 5.69 Å². The molecule has 1 fully saturated rings. The lowest BCUT2D eigenvalue weighted by atomic mass is 9.58. The van der Waals surface area contributed by atoms with Gasteiger partial charge in [-0.1, -0.05) is 20.8 Å². The molecule has 1 aromatic heterocycles. The number of hydrogen-bond acceptors (Lipinski definition) is 3. The van der Waals surface area contributed by atoms with E-state index in [0.717, 1.165) is 42.9 Å². The van der Waals surface area contributed by atoms with Crippen LogP contribution in [0.2, 0.25) is 0 Å². The maximum absolute atomic E-state index is 6.42. The summed E-state index contributed by atoms with van der Waals surface area (Å²) in [6.45, 7) is 12.0. The molecule has 4 nitrogen and oxygen atoms in total. The molecule has 1 heterocycles. The van der Waals surface area contributed by atoms with Crippen molar-refractivity contribution in [3.8, 4) is 5.75 Å². The molecule has 0 radical (unpaired) electrons. The fourth-order valence-electron chi connectivity index (χ4n) is 3.78. The van der Waals surface area contributed by atoms with Crippen molar-refractivity contribution in [1.29, 1.82) is 0 Å². The molecule has 0 spiro atoms. The molecule has 0 aromatic carbocycles. The fraction of sp³-hybridized carbons (Fsp3) is 0.824. The highest BCUT2D eigenvalue weighted by molar-refractivity contribution is 5.32. The number of hydrogen-bond donors (Lipinski definition) is 1. The Hall–Kier alpha value is -1.03. The molecule has 0 aliphatic heterocycles. The minimum Gasteiger partial charge on any atom is -0.486 e. The van der Waals surface area contributed by atoms with Crippen LogP contribution >= 0.6 is 0 Å². The van der Waals surface area contributed by atoms with Crippen molar-refractivity contribution in [3.63, 3.8) is 0 Å². The first kappa shape index (κ1) is 16.3. The van der Waals surface area contributed by atoms with Crippen LogP contribution in [0.3, 0.4) is 0 Å². The quantitative estimate of drug-likeness (QED) is 0.838. The number of rotatable bonds is 7. The molecule has 2 rings (SSSR count). The van der Waals surface area contributed by atoms with Gasteiger partial charge in [-0.25, -0.2) is 0 Å². The van der Waals surface area contributed by atoms with E-state index in [9.17, 15) is 0 Å².